The molecular weight excluding hydrogens is 519 g/mol. The monoisotopic (exact) mass is 534 g/mol. The Morgan fingerprint density at radius 2 is 1.85 bits per heavy atom. The van der Waals surface area contributed by atoms with E-state index >= 15 is 0 Å². The predicted octanol–water partition coefficient (Wildman–Crippen LogP) is 5.40. The van der Waals surface area contributed by atoms with Crippen molar-refractivity contribution >= 4 is 50.6 Å². The van der Waals surface area contributed by atoms with E-state index in [0.717, 1.165) is 19.2 Å². The van der Waals surface area contributed by atoms with Crippen molar-refractivity contribution in [1.82, 2.24) is 5.43 Å². The molecule has 1 N–H and O–H groups in total. The summed E-state index contributed by atoms with van der Waals surface area (Å²) < 4.78 is 7.97. The SMILES string of the molecule is O=C(NN=Cc1ccc(I)cc1)c1ccccc1OCc1cccc(Br)c1. The molecule has 0 aliphatic rings. The molecule has 0 bridgehead atoms. The normalized spacial score (nSPS) is 10.7. The van der Waals surface area contributed by atoms with Crippen LogP contribution in [0.3, 0.4) is 0 Å². The van der Waals surface area contributed by atoms with Gasteiger partial charge in [-0.25, -0.2) is 5.43 Å². The minimum Gasteiger partial charge on any atom is -0.488 e. The first-order chi connectivity index (χ1) is 13.1. The second-order valence-electron chi connectivity index (χ2n) is 5.67. The van der Waals surface area contributed by atoms with Crippen molar-refractivity contribution in [3.8, 4) is 5.75 Å². The van der Waals surface area contributed by atoms with E-state index in [4.69, 9.17) is 4.74 Å². The molecule has 1 amide bonds. The molecule has 0 unspecified atom stereocenters. The number of ether oxygens (including phenoxy) is 1. The molecule has 0 aromatic heterocycles. The molecule has 6 heteroatoms. The predicted molar refractivity (Wildman–Crippen MR) is 119 cm³/mol. The van der Waals surface area contributed by atoms with E-state index in [-0.39, 0.29) is 5.91 Å². The Morgan fingerprint density at radius 1 is 1.07 bits per heavy atom. The van der Waals surface area contributed by atoms with Crippen LogP contribution in [0, 0.1) is 3.57 Å². The van der Waals surface area contributed by atoms with Crippen molar-refractivity contribution < 1.29 is 9.53 Å². The first kappa shape index (κ1) is 19.6. The van der Waals surface area contributed by atoms with E-state index < -0.39 is 0 Å². The van der Waals surface area contributed by atoms with Crippen LogP contribution in [0.1, 0.15) is 21.5 Å². The summed E-state index contributed by atoms with van der Waals surface area (Å²) in [6.07, 6.45) is 1.61. The second-order valence-corrected chi connectivity index (χ2v) is 7.83. The summed E-state index contributed by atoms with van der Waals surface area (Å²) in [6, 6.07) is 22.8. The van der Waals surface area contributed by atoms with Crippen LogP contribution in [0.25, 0.3) is 0 Å². The van der Waals surface area contributed by atoms with Gasteiger partial charge >= 0.3 is 0 Å². The fraction of sp³-hybridized carbons (Fsp3) is 0.0476. The number of hydrazone groups is 1. The van der Waals surface area contributed by atoms with Crippen LogP contribution in [-0.4, -0.2) is 12.1 Å². The molecule has 27 heavy (non-hydrogen) atoms. The Bertz CT molecular complexity index is 958. The molecule has 3 aromatic carbocycles. The maximum atomic E-state index is 12.5. The third-order valence-electron chi connectivity index (χ3n) is 3.66. The number of halogens is 2. The number of para-hydroxylation sites is 1. The summed E-state index contributed by atoms with van der Waals surface area (Å²) in [5.41, 5.74) is 4.91. The van der Waals surface area contributed by atoms with E-state index in [1.165, 1.54) is 0 Å². The summed E-state index contributed by atoms with van der Waals surface area (Å²) in [6.45, 7) is 0.371. The first-order valence-electron chi connectivity index (χ1n) is 8.17. The topological polar surface area (TPSA) is 50.7 Å². The third-order valence-corrected chi connectivity index (χ3v) is 4.88. The van der Waals surface area contributed by atoms with Gasteiger partial charge in [0.2, 0.25) is 0 Å². The van der Waals surface area contributed by atoms with Gasteiger partial charge in [-0.2, -0.15) is 5.10 Å². The van der Waals surface area contributed by atoms with E-state index in [1.54, 1.807) is 24.4 Å². The van der Waals surface area contributed by atoms with Crippen molar-refractivity contribution in [2.24, 2.45) is 5.10 Å². The summed E-state index contributed by atoms with van der Waals surface area (Å²) in [4.78, 5) is 12.5. The Kier molecular flexibility index (Phi) is 7.00. The fourth-order valence-electron chi connectivity index (χ4n) is 2.34. The molecule has 0 heterocycles. The average Bonchev–Trinajstić information content (AvgIpc) is 2.68. The number of hydrogen-bond donors (Lipinski definition) is 1. The lowest BCUT2D eigenvalue weighted by Gasteiger charge is -2.10. The maximum Gasteiger partial charge on any atom is 0.275 e. The van der Waals surface area contributed by atoms with Gasteiger partial charge in [0.15, 0.2) is 0 Å². The lowest BCUT2D eigenvalue weighted by atomic mass is 10.2. The summed E-state index contributed by atoms with van der Waals surface area (Å²) in [5, 5.41) is 4.03. The zero-order valence-electron chi connectivity index (χ0n) is 14.2. The molecule has 0 atom stereocenters. The van der Waals surface area contributed by atoms with Gasteiger partial charge in [0.1, 0.15) is 12.4 Å². The molecule has 0 radical (unpaired) electrons. The molecule has 136 valence electrons. The molecule has 0 spiro atoms. The Hall–Kier alpha value is -2.19. The highest BCUT2D eigenvalue weighted by atomic mass is 127. The number of carbonyl (C=O) groups is 1. The fourth-order valence-corrected chi connectivity index (χ4v) is 3.15. The van der Waals surface area contributed by atoms with E-state index in [2.05, 4.69) is 49.0 Å². The number of nitrogens with one attached hydrogen (secondary N) is 1. The third kappa shape index (κ3) is 5.90. The lowest BCUT2D eigenvalue weighted by Crippen LogP contribution is -2.18. The highest BCUT2D eigenvalue weighted by Gasteiger charge is 2.11. The van der Waals surface area contributed by atoms with Crippen molar-refractivity contribution in [3.63, 3.8) is 0 Å². The molecule has 0 saturated heterocycles. The van der Waals surface area contributed by atoms with Crippen molar-refractivity contribution in [1.29, 1.82) is 0 Å². The zero-order chi connectivity index (χ0) is 19.1. The van der Waals surface area contributed by atoms with Gasteiger partial charge in [0.25, 0.3) is 5.91 Å². The molecule has 0 fully saturated rings. The minimum atomic E-state index is -0.318. The van der Waals surface area contributed by atoms with Crippen LogP contribution in [-0.2, 0) is 6.61 Å². The summed E-state index contributed by atoms with van der Waals surface area (Å²) in [5.74, 6) is 0.195. The molecule has 3 rings (SSSR count). The van der Waals surface area contributed by atoms with Crippen LogP contribution in [0.4, 0.5) is 0 Å². The Labute approximate surface area is 179 Å². The van der Waals surface area contributed by atoms with Crippen molar-refractivity contribution in [2.45, 2.75) is 6.61 Å². The van der Waals surface area contributed by atoms with E-state index in [0.29, 0.717) is 17.9 Å². The number of benzene rings is 3. The Morgan fingerprint density at radius 3 is 2.63 bits per heavy atom. The lowest BCUT2D eigenvalue weighted by molar-refractivity contribution is 0.0950. The number of hydrogen-bond acceptors (Lipinski definition) is 3. The first-order valence-corrected chi connectivity index (χ1v) is 10.0. The van der Waals surface area contributed by atoms with Gasteiger partial charge in [0.05, 0.1) is 11.8 Å². The van der Waals surface area contributed by atoms with Gasteiger partial charge in [0, 0.05) is 8.04 Å². The van der Waals surface area contributed by atoms with Crippen molar-refractivity contribution in [3.05, 3.63) is 97.5 Å². The highest BCUT2D eigenvalue weighted by Crippen LogP contribution is 2.20. The summed E-state index contributed by atoms with van der Waals surface area (Å²) in [7, 11) is 0. The second kappa shape index (κ2) is 9.66. The average molecular weight is 535 g/mol. The van der Waals surface area contributed by atoms with Gasteiger partial charge in [-0.3, -0.25) is 4.79 Å². The van der Waals surface area contributed by atoms with E-state index in [9.17, 15) is 4.79 Å². The molecule has 0 aliphatic carbocycles. The molecule has 0 aliphatic heterocycles. The molecule has 3 aromatic rings. The van der Waals surface area contributed by atoms with Crippen LogP contribution < -0.4 is 10.2 Å². The van der Waals surface area contributed by atoms with Gasteiger partial charge in [-0.1, -0.05) is 52.3 Å². The number of nitrogens with zero attached hydrogens (tertiary/aromatic N) is 1. The summed E-state index contributed by atoms with van der Waals surface area (Å²) >= 11 is 5.68. The van der Waals surface area contributed by atoms with Gasteiger partial charge in [-0.05, 0) is 70.1 Å². The quantitative estimate of drug-likeness (QED) is 0.261. The number of rotatable bonds is 6. The van der Waals surface area contributed by atoms with Crippen LogP contribution in [0.2, 0.25) is 0 Å². The number of amides is 1. The Balaban J connectivity index is 1.65. The standard InChI is InChI=1S/C21H16BrIN2O2/c22-17-5-3-4-16(12-17)14-27-20-7-2-1-6-19(20)21(26)25-24-13-15-8-10-18(23)11-9-15/h1-13H,14H2,(H,25,26). The maximum absolute atomic E-state index is 12.5. The molecule has 0 saturated carbocycles. The van der Waals surface area contributed by atoms with Gasteiger partial charge in [-0.15, -0.1) is 0 Å². The minimum absolute atomic E-state index is 0.318. The van der Waals surface area contributed by atoms with Crippen LogP contribution >= 0.6 is 38.5 Å². The number of carbonyl (C=O) groups excluding carboxylic acids is 1. The zero-order valence-corrected chi connectivity index (χ0v) is 18.0. The van der Waals surface area contributed by atoms with Gasteiger partial charge < -0.3 is 4.74 Å². The van der Waals surface area contributed by atoms with Crippen LogP contribution in [0.15, 0.2) is 82.4 Å². The molecular formula is C21H16BrIN2O2. The smallest absolute Gasteiger partial charge is 0.275 e. The van der Waals surface area contributed by atoms with Crippen LogP contribution in [0.5, 0.6) is 5.75 Å². The molecule has 4 nitrogen and oxygen atoms in total. The highest BCUT2D eigenvalue weighted by molar-refractivity contribution is 14.1. The van der Waals surface area contributed by atoms with E-state index in [1.807, 2.05) is 54.6 Å². The van der Waals surface area contributed by atoms with Crippen molar-refractivity contribution in [2.75, 3.05) is 0 Å². The largest absolute Gasteiger partial charge is 0.488 e.